The van der Waals surface area contributed by atoms with Crippen molar-refractivity contribution in [1.82, 2.24) is 0 Å². The van der Waals surface area contributed by atoms with Gasteiger partial charge < -0.3 is 5.11 Å². The highest BCUT2D eigenvalue weighted by Crippen LogP contribution is 2.24. The molecule has 0 aromatic rings. The van der Waals surface area contributed by atoms with Crippen LogP contribution in [0.5, 0.6) is 0 Å². The summed E-state index contributed by atoms with van der Waals surface area (Å²) in [6, 6.07) is 0. The average Bonchev–Trinajstić information content (AvgIpc) is 2.05. The van der Waals surface area contributed by atoms with Gasteiger partial charge in [-0.25, -0.2) is 4.79 Å². The molecule has 1 aliphatic rings. The third kappa shape index (κ3) is 2.26. The molecule has 1 rings (SSSR count). The molecule has 0 radical (unpaired) electrons. The van der Waals surface area contributed by atoms with Gasteiger partial charge in [0.25, 0.3) is 0 Å². The zero-order valence-corrected chi connectivity index (χ0v) is 7.19. The Morgan fingerprint density at radius 3 is 2.27 bits per heavy atom. The van der Waals surface area contributed by atoms with E-state index in [9.17, 15) is 4.79 Å². The summed E-state index contributed by atoms with van der Waals surface area (Å²) in [5.74, 6) is -0.719. The van der Waals surface area contributed by atoms with Crippen molar-refractivity contribution in [2.24, 2.45) is 5.92 Å². The van der Waals surface area contributed by atoms with Gasteiger partial charge in [0.2, 0.25) is 0 Å². The smallest absolute Gasteiger partial charge is 0.342 e. The summed E-state index contributed by atoms with van der Waals surface area (Å²) in [5, 5.41) is 8.59. The lowest BCUT2D eigenvalue weighted by Crippen LogP contribution is -2.23. The molecule has 1 aliphatic carbocycles. The molecule has 11 heavy (non-hydrogen) atoms. The van der Waals surface area contributed by atoms with Gasteiger partial charge in [-0.05, 0) is 12.8 Å². The fraction of sp³-hybridized carbons (Fsp3) is 0.750. The molecule has 0 atom stereocenters. The molecule has 1 saturated carbocycles. The molecule has 0 aliphatic heterocycles. The van der Waals surface area contributed by atoms with Crippen LogP contribution in [0.1, 0.15) is 32.1 Å². The minimum atomic E-state index is -0.896. The van der Waals surface area contributed by atoms with Crippen LogP contribution in [-0.2, 0) is 4.79 Å². The summed E-state index contributed by atoms with van der Waals surface area (Å²) < 4.78 is 0. The van der Waals surface area contributed by atoms with E-state index in [-0.39, 0.29) is 10.8 Å². The van der Waals surface area contributed by atoms with Crippen molar-refractivity contribution >= 4 is 23.1 Å². The summed E-state index contributed by atoms with van der Waals surface area (Å²) in [6.45, 7) is 0. The topological polar surface area (TPSA) is 37.3 Å². The van der Waals surface area contributed by atoms with Crippen LogP contribution < -0.4 is 0 Å². The predicted octanol–water partition coefficient (Wildman–Crippen LogP) is 2.02. The third-order valence-electron chi connectivity index (χ3n) is 2.19. The Labute approximate surface area is 71.6 Å². The van der Waals surface area contributed by atoms with E-state index in [1.165, 1.54) is 6.42 Å². The second kappa shape index (κ2) is 3.81. The Balaban J connectivity index is 2.45. The molecule has 0 heterocycles. The standard InChI is InChI=1S/C8H12O2S/c9-8(10)7(11)6-4-2-1-3-5-6/h6H,1-5H2,(H,9,10). The predicted molar refractivity (Wildman–Crippen MR) is 46.8 cm³/mol. The summed E-state index contributed by atoms with van der Waals surface area (Å²) in [7, 11) is 0. The maximum atomic E-state index is 10.5. The molecule has 1 fully saturated rings. The van der Waals surface area contributed by atoms with Crippen LogP contribution in [0.4, 0.5) is 0 Å². The van der Waals surface area contributed by atoms with Gasteiger partial charge in [0, 0.05) is 5.92 Å². The second-order valence-corrected chi connectivity index (χ2v) is 3.44. The van der Waals surface area contributed by atoms with Gasteiger partial charge in [-0.2, -0.15) is 0 Å². The van der Waals surface area contributed by atoms with Gasteiger partial charge in [-0.3, -0.25) is 0 Å². The average molecular weight is 172 g/mol. The number of rotatable bonds is 2. The Bertz CT molecular complexity index is 171. The highest BCUT2D eigenvalue weighted by atomic mass is 32.1. The monoisotopic (exact) mass is 172 g/mol. The maximum Gasteiger partial charge on any atom is 0.342 e. The van der Waals surface area contributed by atoms with Crippen molar-refractivity contribution in [1.29, 1.82) is 0 Å². The Kier molecular flexibility index (Phi) is 3.00. The first-order valence-corrected chi connectivity index (χ1v) is 4.40. The number of carbonyl (C=O) groups is 1. The molecule has 0 aromatic carbocycles. The van der Waals surface area contributed by atoms with Crippen molar-refractivity contribution in [3.63, 3.8) is 0 Å². The van der Waals surface area contributed by atoms with E-state index in [4.69, 9.17) is 17.3 Å². The molecule has 0 saturated heterocycles. The van der Waals surface area contributed by atoms with Crippen molar-refractivity contribution in [2.75, 3.05) is 0 Å². The minimum absolute atomic E-state index is 0.177. The van der Waals surface area contributed by atoms with E-state index >= 15 is 0 Å². The van der Waals surface area contributed by atoms with Crippen molar-refractivity contribution in [3.8, 4) is 0 Å². The van der Waals surface area contributed by atoms with E-state index in [1.54, 1.807) is 0 Å². The van der Waals surface area contributed by atoms with Gasteiger partial charge in [-0.15, -0.1) is 0 Å². The van der Waals surface area contributed by atoms with E-state index < -0.39 is 5.97 Å². The van der Waals surface area contributed by atoms with Crippen LogP contribution in [0.3, 0.4) is 0 Å². The molecule has 62 valence electrons. The summed E-state index contributed by atoms with van der Waals surface area (Å²) in [5.41, 5.74) is 0. The van der Waals surface area contributed by atoms with E-state index in [0.29, 0.717) is 0 Å². The van der Waals surface area contributed by atoms with Crippen LogP contribution >= 0.6 is 12.2 Å². The van der Waals surface area contributed by atoms with Gasteiger partial charge in [-0.1, -0.05) is 31.5 Å². The van der Waals surface area contributed by atoms with Gasteiger partial charge >= 0.3 is 5.97 Å². The third-order valence-corrected chi connectivity index (χ3v) is 2.69. The fourth-order valence-corrected chi connectivity index (χ4v) is 1.78. The molecule has 0 bridgehead atoms. The van der Waals surface area contributed by atoms with E-state index in [1.807, 2.05) is 0 Å². The van der Waals surface area contributed by atoms with Crippen molar-refractivity contribution in [3.05, 3.63) is 0 Å². The zero-order valence-electron chi connectivity index (χ0n) is 6.38. The first-order chi connectivity index (χ1) is 5.22. The normalized spacial score (nSPS) is 19.6. The van der Waals surface area contributed by atoms with E-state index in [0.717, 1.165) is 25.7 Å². The molecule has 2 nitrogen and oxygen atoms in total. The zero-order chi connectivity index (χ0) is 8.27. The molecule has 3 heteroatoms. The van der Waals surface area contributed by atoms with Crippen LogP contribution in [0, 0.1) is 5.92 Å². The molecule has 0 spiro atoms. The first kappa shape index (κ1) is 8.65. The van der Waals surface area contributed by atoms with Crippen molar-refractivity contribution in [2.45, 2.75) is 32.1 Å². The number of carboxylic acid groups (broad SMARTS) is 1. The number of hydrogen-bond acceptors (Lipinski definition) is 2. The SMILES string of the molecule is O=C(O)C(=S)C1CCCCC1. The van der Waals surface area contributed by atoms with Crippen LogP contribution in [0.15, 0.2) is 0 Å². The van der Waals surface area contributed by atoms with Gasteiger partial charge in [0.15, 0.2) is 0 Å². The van der Waals surface area contributed by atoms with Gasteiger partial charge in [0.1, 0.15) is 4.86 Å². The molecule has 1 N–H and O–H groups in total. The van der Waals surface area contributed by atoms with Crippen LogP contribution in [0.2, 0.25) is 0 Å². The summed E-state index contributed by atoms with van der Waals surface area (Å²) >= 11 is 4.80. The molecule has 0 amide bonds. The van der Waals surface area contributed by atoms with Crippen molar-refractivity contribution < 1.29 is 9.90 Å². The molecular formula is C8H12O2S. The largest absolute Gasteiger partial charge is 0.477 e. The molecule has 0 unspecified atom stereocenters. The second-order valence-electron chi connectivity index (χ2n) is 3.00. The lowest BCUT2D eigenvalue weighted by molar-refractivity contribution is -0.129. The first-order valence-electron chi connectivity index (χ1n) is 3.99. The Morgan fingerprint density at radius 1 is 1.27 bits per heavy atom. The molecular weight excluding hydrogens is 160 g/mol. The number of aliphatic carboxylic acids is 1. The minimum Gasteiger partial charge on any atom is -0.477 e. The van der Waals surface area contributed by atoms with Crippen LogP contribution in [-0.4, -0.2) is 15.9 Å². The van der Waals surface area contributed by atoms with Crippen LogP contribution in [0.25, 0.3) is 0 Å². The summed E-state index contributed by atoms with van der Waals surface area (Å²) in [6.07, 6.45) is 5.46. The Hall–Kier alpha value is -0.440. The number of hydrogen-bond donors (Lipinski definition) is 1. The van der Waals surface area contributed by atoms with E-state index in [2.05, 4.69) is 0 Å². The highest BCUT2D eigenvalue weighted by molar-refractivity contribution is 7.82. The van der Waals surface area contributed by atoms with Gasteiger partial charge in [0.05, 0.1) is 0 Å². The Morgan fingerprint density at radius 2 is 1.82 bits per heavy atom. The number of carboxylic acids is 1. The fourth-order valence-electron chi connectivity index (χ4n) is 1.54. The lowest BCUT2D eigenvalue weighted by atomic mass is 9.87. The lowest BCUT2D eigenvalue weighted by Gasteiger charge is -2.19. The molecule has 0 aromatic heterocycles. The highest BCUT2D eigenvalue weighted by Gasteiger charge is 2.21. The quantitative estimate of drug-likeness (QED) is 0.647. The maximum absolute atomic E-state index is 10.5. The summed E-state index contributed by atoms with van der Waals surface area (Å²) in [4.78, 5) is 10.7. The number of thiocarbonyl (C=S) groups is 1.